The number of hydrogen-bond donors (Lipinski definition) is 1. The molecule has 1 aliphatic heterocycles. The predicted octanol–water partition coefficient (Wildman–Crippen LogP) is 3.05. The van der Waals surface area contributed by atoms with Gasteiger partial charge in [0.25, 0.3) is 0 Å². The molecule has 1 heterocycles. The third-order valence-electron chi connectivity index (χ3n) is 4.12. The lowest BCUT2D eigenvalue weighted by Gasteiger charge is -2.38. The second-order valence-electron chi connectivity index (χ2n) is 5.44. The van der Waals surface area contributed by atoms with Gasteiger partial charge in [0, 0.05) is 37.4 Å². The lowest BCUT2D eigenvalue weighted by molar-refractivity contribution is 0.321. The minimum atomic E-state index is -0.275. The van der Waals surface area contributed by atoms with Crippen LogP contribution in [0.1, 0.15) is 27.2 Å². The molecule has 2 rings (SSSR count). The van der Waals surface area contributed by atoms with Crippen molar-refractivity contribution in [1.82, 2.24) is 5.32 Å². The number of hydrogen-bond acceptors (Lipinski definition) is 3. The number of benzene rings is 1. The van der Waals surface area contributed by atoms with E-state index in [0.29, 0.717) is 24.3 Å². The Balaban J connectivity index is 2.09. The van der Waals surface area contributed by atoms with E-state index in [1.165, 1.54) is 0 Å². The maximum Gasteiger partial charge on any atom is 0.167 e. The van der Waals surface area contributed by atoms with Gasteiger partial charge in [0.2, 0.25) is 0 Å². The summed E-state index contributed by atoms with van der Waals surface area (Å²) in [6.07, 6.45) is 1.16. The molecule has 0 aromatic heterocycles. The molecule has 20 heavy (non-hydrogen) atoms. The molecular weight excluding hydrogens is 255 g/mol. The Bertz CT molecular complexity index is 438. The van der Waals surface area contributed by atoms with Gasteiger partial charge in [0.1, 0.15) is 0 Å². The Kier molecular flexibility index (Phi) is 5.24. The molecule has 3 nitrogen and oxygen atoms in total. The molecular formula is C16H25FN2O. The number of halogens is 1. The zero-order chi connectivity index (χ0) is 14.5. The molecule has 1 fully saturated rings. The highest BCUT2D eigenvalue weighted by Crippen LogP contribution is 2.25. The van der Waals surface area contributed by atoms with E-state index in [2.05, 4.69) is 24.1 Å². The maximum absolute atomic E-state index is 13.9. The Labute approximate surface area is 121 Å². The van der Waals surface area contributed by atoms with E-state index in [9.17, 15) is 4.39 Å². The lowest BCUT2D eigenvalue weighted by Crippen LogP contribution is -2.53. The zero-order valence-corrected chi connectivity index (χ0v) is 12.7. The first-order chi connectivity index (χ1) is 9.65. The summed E-state index contributed by atoms with van der Waals surface area (Å²) < 4.78 is 19.2. The number of piperazine rings is 1. The van der Waals surface area contributed by atoms with Gasteiger partial charge in [-0.2, -0.15) is 0 Å². The second kappa shape index (κ2) is 6.93. The van der Waals surface area contributed by atoms with Crippen LogP contribution in [-0.4, -0.2) is 32.3 Å². The van der Waals surface area contributed by atoms with E-state index in [-0.39, 0.29) is 5.82 Å². The number of nitrogens with one attached hydrogen (secondary N) is 1. The summed E-state index contributed by atoms with van der Waals surface area (Å²) in [6, 6.07) is 5.74. The quantitative estimate of drug-likeness (QED) is 0.897. The summed E-state index contributed by atoms with van der Waals surface area (Å²) in [4.78, 5) is 2.26. The highest BCUT2D eigenvalue weighted by molar-refractivity contribution is 5.50. The van der Waals surface area contributed by atoms with Crippen molar-refractivity contribution in [2.24, 2.45) is 5.92 Å². The van der Waals surface area contributed by atoms with Crippen molar-refractivity contribution in [3.63, 3.8) is 0 Å². The average Bonchev–Trinajstić information content (AvgIpc) is 2.49. The topological polar surface area (TPSA) is 24.5 Å². The molecule has 0 amide bonds. The molecule has 1 aromatic carbocycles. The van der Waals surface area contributed by atoms with Crippen molar-refractivity contribution in [1.29, 1.82) is 0 Å². The summed E-state index contributed by atoms with van der Waals surface area (Å²) in [5, 5.41) is 3.56. The number of ether oxygens (including phenoxy) is 1. The molecule has 0 saturated carbocycles. The molecule has 0 radical (unpaired) electrons. The van der Waals surface area contributed by atoms with Gasteiger partial charge in [-0.15, -0.1) is 0 Å². The van der Waals surface area contributed by atoms with Crippen LogP contribution in [0.25, 0.3) is 0 Å². The fourth-order valence-electron chi connectivity index (χ4n) is 2.64. The summed E-state index contributed by atoms with van der Waals surface area (Å²) >= 11 is 0. The standard InChI is InChI=1S/C16H25FN2O/c1-4-12(3)15-11-19(9-8-18-15)13-6-7-16(20-5-2)14(17)10-13/h6-7,10,12,15,18H,4-5,8-9,11H2,1-3H3. The highest BCUT2D eigenvalue weighted by atomic mass is 19.1. The van der Waals surface area contributed by atoms with Crippen molar-refractivity contribution in [2.45, 2.75) is 33.2 Å². The summed E-state index contributed by atoms with van der Waals surface area (Å²) in [5.41, 5.74) is 0.945. The molecule has 4 heteroatoms. The first-order valence-corrected chi connectivity index (χ1v) is 7.56. The van der Waals surface area contributed by atoms with Gasteiger partial charge in [0.05, 0.1) is 6.61 Å². The molecule has 1 aromatic rings. The van der Waals surface area contributed by atoms with Crippen molar-refractivity contribution >= 4 is 5.69 Å². The number of nitrogens with zero attached hydrogens (tertiary/aromatic N) is 1. The van der Waals surface area contributed by atoms with Gasteiger partial charge in [-0.1, -0.05) is 20.3 Å². The molecule has 0 aliphatic carbocycles. The van der Waals surface area contributed by atoms with Crippen molar-refractivity contribution in [2.75, 3.05) is 31.1 Å². The third kappa shape index (κ3) is 3.42. The Morgan fingerprint density at radius 3 is 2.90 bits per heavy atom. The van der Waals surface area contributed by atoms with Gasteiger partial charge >= 0.3 is 0 Å². The van der Waals surface area contributed by atoms with Gasteiger partial charge in [-0.05, 0) is 25.0 Å². The molecule has 1 saturated heterocycles. The molecule has 1 aliphatic rings. The summed E-state index contributed by atoms with van der Waals surface area (Å²) in [6.45, 7) is 9.62. The SMILES string of the molecule is CCOc1ccc(N2CCNC(C(C)CC)C2)cc1F. The Hall–Kier alpha value is -1.29. The van der Waals surface area contributed by atoms with E-state index in [4.69, 9.17) is 4.74 Å². The normalized spacial score (nSPS) is 20.8. The Morgan fingerprint density at radius 1 is 1.45 bits per heavy atom. The molecule has 0 spiro atoms. The van der Waals surface area contributed by atoms with Crippen LogP contribution in [0.15, 0.2) is 18.2 Å². The largest absolute Gasteiger partial charge is 0.491 e. The Morgan fingerprint density at radius 2 is 2.25 bits per heavy atom. The smallest absolute Gasteiger partial charge is 0.167 e. The summed E-state index contributed by atoms with van der Waals surface area (Å²) in [5.74, 6) is 0.693. The third-order valence-corrected chi connectivity index (χ3v) is 4.12. The predicted molar refractivity (Wildman–Crippen MR) is 81.0 cm³/mol. The van der Waals surface area contributed by atoms with Crippen molar-refractivity contribution < 1.29 is 9.13 Å². The van der Waals surface area contributed by atoms with Gasteiger partial charge in [-0.25, -0.2) is 4.39 Å². The van der Waals surface area contributed by atoms with Gasteiger partial charge < -0.3 is 15.0 Å². The van der Waals surface area contributed by atoms with Crippen LogP contribution in [0.4, 0.5) is 10.1 Å². The minimum Gasteiger partial charge on any atom is -0.491 e. The molecule has 2 unspecified atom stereocenters. The zero-order valence-electron chi connectivity index (χ0n) is 12.7. The van der Waals surface area contributed by atoms with Gasteiger partial charge in [-0.3, -0.25) is 0 Å². The van der Waals surface area contributed by atoms with E-state index in [0.717, 1.165) is 31.7 Å². The summed E-state index contributed by atoms with van der Waals surface area (Å²) in [7, 11) is 0. The van der Waals surface area contributed by atoms with E-state index < -0.39 is 0 Å². The second-order valence-corrected chi connectivity index (χ2v) is 5.44. The van der Waals surface area contributed by atoms with Gasteiger partial charge in [0.15, 0.2) is 11.6 Å². The molecule has 112 valence electrons. The monoisotopic (exact) mass is 280 g/mol. The lowest BCUT2D eigenvalue weighted by atomic mass is 9.97. The van der Waals surface area contributed by atoms with Crippen molar-refractivity contribution in [3.05, 3.63) is 24.0 Å². The highest BCUT2D eigenvalue weighted by Gasteiger charge is 2.23. The maximum atomic E-state index is 13.9. The van der Waals surface area contributed by atoms with Crippen molar-refractivity contribution in [3.8, 4) is 5.75 Å². The molecule has 1 N–H and O–H groups in total. The molecule has 0 bridgehead atoms. The van der Waals surface area contributed by atoms with Crippen LogP contribution in [0.3, 0.4) is 0 Å². The van der Waals surface area contributed by atoms with Crippen LogP contribution in [0.5, 0.6) is 5.75 Å². The minimum absolute atomic E-state index is 0.275. The van der Waals surface area contributed by atoms with E-state index in [1.807, 2.05) is 13.0 Å². The van der Waals surface area contributed by atoms with Crippen LogP contribution < -0.4 is 15.0 Å². The van der Waals surface area contributed by atoms with E-state index >= 15 is 0 Å². The van der Waals surface area contributed by atoms with Crippen LogP contribution in [0, 0.1) is 11.7 Å². The van der Waals surface area contributed by atoms with Crippen LogP contribution >= 0.6 is 0 Å². The van der Waals surface area contributed by atoms with Crippen LogP contribution in [0.2, 0.25) is 0 Å². The fraction of sp³-hybridized carbons (Fsp3) is 0.625. The van der Waals surface area contributed by atoms with E-state index in [1.54, 1.807) is 12.1 Å². The molecule has 2 atom stereocenters. The fourth-order valence-corrected chi connectivity index (χ4v) is 2.64. The number of anilines is 1. The van der Waals surface area contributed by atoms with Crippen LogP contribution in [-0.2, 0) is 0 Å². The first-order valence-electron chi connectivity index (χ1n) is 7.56. The number of rotatable bonds is 5. The first kappa shape index (κ1) is 15.1. The average molecular weight is 280 g/mol.